The van der Waals surface area contributed by atoms with E-state index >= 15 is 0 Å². The van der Waals surface area contributed by atoms with Gasteiger partial charge in [0.25, 0.3) is 0 Å². The van der Waals surface area contributed by atoms with Crippen LogP contribution in [0.5, 0.6) is 0 Å². The summed E-state index contributed by atoms with van der Waals surface area (Å²) in [5.41, 5.74) is 0. The van der Waals surface area contributed by atoms with E-state index in [9.17, 15) is 8.42 Å². The van der Waals surface area contributed by atoms with Gasteiger partial charge in [-0.05, 0) is 6.42 Å². The molecule has 1 rings (SSSR count). The minimum absolute atomic E-state index is 0.154. The number of nitrogens with zero attached hydrogens (tertiary/aromatic N) is 2. The average molecular weight is 231 g/mol. The van der Waals surface area contributed by atoms with Gasteiger partial charge in [0.1, 0.15) is 6.04 Å². The first kappa shape index (κ1) is 12.4. The predicted molar refractivity (Wildman–Crippen MR) is 57.7 cm³/mol. The summed E-state index contributed by atoms with van der Waals surface area (Å²) in [5.74, 6) is 0.154. The first-order valence-electron chi connectivity index (χ1n) is 5.21. The molecule has 5 nitrogen and oxygen atoms in total. The van der Waals surface area contributed by atoms with Crippen molar-refractivity contribution in [2.75, 3.05) is 25.4 Å². The number of nitrogens with one attached hydrogen (secondary N) is 1. The van der Waals surface area contributed by atoms with Crippen LogP contribution in [0.15, 0.2) is 0 Å². The van der Waals surface area contributed by atoms with E-state index < -0.39 is 16.1 Å². The van der Waals surface area contributed by atoms with E-state index in [0.29, 0.717) is 26.1 Å². The van der Waals surface area contributed by atoms with E-state index in [4.69, 9.17) is 5.26 Å². The maximum atomic E-state index is 11.9. The highest BCUT2D eigenvalue weighted by Gasteiger charge is 2.31. The molecule has 6 heteroatoms. The van der Waals surface area contributed by atoms with Gasteiger partial charge in [-0.2, -0.15) is 9.57 Å². The third-order valence-corrected chi connectivity index (χ3v) is 4.41. The van der Waals surface area contributed by atoms with E-state index in [0.717, 1.165) is 6.42 Å². The molecule has 86 valence electrons. The van der Waals surface area contributed by atoms with Gasteiger partial charge in [-0.25, -0.2) is 8.42 Å². The molecule has 1 unspecified atom stereocenters. The number of hydrogen-bond donors (Lipinski definition) is 1. The second-order valence-electron chi connectivity index (χ2n) is 3.63. The van der Waals surface area contributed by atoms with Crippen molar-refractivity contribution in [3.05, 3.63) is 0 Å². The lowest BCUT2D eigenvalue weighted by Crippen LogP contribution is -2.53. The molecule has 0 spiro atoms. The summed E-state index contributed by atoms with van der Waals surface area (Å²) in [5, 5.41) is 11.9. The lowest BCUT2D eigenvalue weighted by atomic mass is 10.3. The molecule has 1 aliphatic rings. The molecule has 1 fully saturated rings. The topological polar surface area (TPSA) is 73.2 Å². The Morgan fingerprint density at radius 2 is 2.33 bits per heavy atom. The largest absolute Gasteiger partial charge is 0.313 e. The van der Waals surface area contributed by atoms with Crippen molar-refractivity contribution in [3.63, 3.8) is 0 Å². The predicted octanol–water partition coefficient (Wildman–Crippen LogP) is -0.0863. The molecule has 0 bridgehead atoms. The third-order valence-electron chi connectivity index (χ3n) is 2.46. The SMILES string of the molecule is CCCCS(=O)(=O)N1CCNCC1C#N. The average Bonchev–Trinajstić information content (AvgIpc) is 2.26. The molecule has 1 aliphatic heterocycles. The third kappa shape index (κ3) is 3.16. The van der Waals surface area contributed by atoms with Crippen LogP contribution < -0.4 is 5.32 Å². The fraction of sp³-hybridized carbons (Fsp3) is 0.889. The van der Waals surface area contributed by atoms with Gasteiger partial charge in [0.15, 0.2) is 0 Å². The molecule has 0 aromatic carbocycles. The van der Waals surface area contributed by atoms with Crippen molar-refractivity contribution in [2.24, 2.45) is 0 Å². The summed E-state index contributed by atoms with van der Waals surface area (Å²) in [7, 11) is -3.24. The lowest BCUT2D eigenvalue weighted by Gasteiger charge is -2.30. The van der Waals surface area contributed by atoms with Gasteiger partial charge in [0, 0.05) is 19.6 Å². The van der Waals surface area contributed by atoms with E-state index in [1.165, 1.54) is 4.31 Å². The van der Waals surface area contributed by atoms with E-state index in [1.54, 1.807) is 0 Å². The van der Waals surface area contributed by atoms with Crippen LogP contribution in [0.2, 0.25) is 0 Å². The Balaban J connectivity index is 2.71. The Morgan fingerprint density at radius 1 is 1.60 bits per heavy atom. The first-order chi connectivity index (χ1) is 7.11. The van der Waals surface area contributed by atoms with Crippen molar-refractivity contribution in [2.45, 2.75) is 25.8 Å². The summed E-state index contributed by atoms with van der Waals surface area (Å²) in [6.45, 7) is 3.42. The molecule has 0 aromatic rings. The Kier molecular flexibility index (Phi) is 4.51. The minimum atomic E-state index is -3.24. The molecule has 0 saturated carbocycles. The highest BCUT2D eigenvalue weighted by Crippen LogP contribution is 2.11. The van der Waals surface area contributed by atoms with Crippen molar-refractivity contribution >= 4 is 10.0 Å². The normalized spacial score (nSPS) is 23.6. The number of unbranched alkanes of at least 4 members (excludes halogenated alkanes) is 1. The monoisotopic (exact) mass is 231 g/mol. The van der Waals surface area contributed by atoms with Crippen molar-refractivity contribution < 1.29 is 8.42 Å². The molecule has 0 amide bonds. The number of hydrogen-bond acceptors (Lipinski definition) is 4. The molecule has 0 aliphatic carbocycles. The van der Waals surface area contributed by atoms with Gasteiger partial charge in [-0.15, -0.1) is 0 Å². The molecular formula is C9H17N3O2S. The zero-order chi connectivity index (χ0) is 11.3. The smallest absolute Gasteiger partial charge is 0.215 e. The summed E-state index contributed by atoms with van der Waals surface area (Å²) in [6.07, 6.45) is 1.51. The van der Waals surface area contributed by atoms with Crippen LogP contribution in [0.25, 0.3) is 0 Å². The Hall–Kier alpha value is -0.640. The van der Waals surface area contributed by atoms with Crippen LogP contribution in [-0.2, 0) is 10.0 Å². The van der Waals surface area contributed by atoms with Crippen LogP contribution in [0.4, 0.5) is 0 Å². The summed E-state index contributed by atoms with van der Waals surface area (Å²) in [6, 6.07) is 1.48. The first-order valence-corrected chi connectivity index (χ1v) is 6.82. The zero-order valence-electron chi connectivity index (χ0n) is 8.94. The summed E-state index contributed by atoms with van der Waals surface area (Å²) < 4.78 is 25.1. The Labute approximate surface area is 91.1 Å². The second kappa shape index (κ2) is 5.45. The molecule has 15 heavy (non-hydrogen) atoms. The molecular weight excluding hydrogens is 214 g/mol. The Bertz CT molecular complexity index is 334. The zero-order valence-corrected chi connectivity index (χ0v) is 9.76. The summed E-state index contributed by atoms with van der Waals surface area (Å²) >= 11 is 0. The quantitative estimate of drug-likeness (QED) is 0.734. The van der Waals surface area contributed by atoms with Gasteiger partial charge in [0.05, 0.1) is 11.8 Å². The Morgan fingerprint density at radius 3 is 2.93 bits per heavy atom. The summed E-state index contributed by atoms with van der Waals surface area (Å²) in [4.78, 5) is 0. The maximum absolute atomic E-state index is 11.9. The van der Waals surface area contributed by atoms with Crippen LogP contribution in [0.1, 0.15) is 19.8 Å². The molecule has 1 N–H and O–H groups in total. The number of nitriles is 1. The van der Waals surface area contributed by atoms with E-state index in [1.807, 2.05) is 13.0 Å². The molecule has 0 aromatic heterocycles. The maximum Gasteiger partial charge on any atom is 0.215 e. The molecule has 1 saturated heterocycles. The van der Waals surface area contributed by atoms with E-state index in [2.05, 4.69) is 5.32 Å². The number of rotatable bonds is 4. The van der Waals surface area contributed by atoms with Crippen LogP contribution in [-0.4, -0.2) is 44.2 Å². The van der Waals surface area contributed by atoms with Gasteiger partial charge >= 0.3 is 0 Å². The van der Waals surface area contributed by atoms with Crippen molar-refractivity contribution in [3.8, 4) is 6.07 Å². The van der Waals surface area contributed by atoms with Crippen LogP contribution in [0.3, 0.4) is 0 Å². The number of piperazine rings is 1. The van der Waals surface area contributed by atoms with Gasteiger partial charge in [-0.1, -0.05) is 13.3 Å². The molecule has 1 heterocycles. The highest BCUT2D eigenvalue weighted by atomic mass is 32.2. The van der Waals surface area contributed by atoms with Crippen molar-refractivity contribution in [1.82, 2.24) is 9.62 Å². The van der Waals surface area contributed by atoms with Gasteiger partial charge in [-0.3, -0.25) is 0 Å². The second-order valence-corrected chi connectivity index (χ2v) is 5.67. The number of sulfonamides is 1. The fourth-order valence-corrected chi connectivity index (χ4v) is 3.34. The van der Waals surface area contributed by atoms with Crippen LogP contribution in [0, 0.1) is 11.3 Å². The fourth-order valence-electron chi connectivity index (χ4n) is 1.57. The minimum Gasteiger partial charge on any atom is -0.313 e. The van der Waals surface area contributed by atoms with Gasteiger partial charge in [0.2, 0.25) is 10.0 Å². The van der Waals surface area contributed by atoms with E-state index in [-0.39, 0.29) is 5.75 Å². The van der Waals surface area contributed by atoms with Gasteiger partial charge < -0.3 is 5.32 Å². The standard InChI is InChI=1S/C9H17N3O2S/c1-2-3-6-15(13,14)12-5-4-11-8-9(12)7-10/h9,11H,2-6,8H2,1H3. The highest BCUT2D eigenvalue weighted by molar-refractivity contribution is 7.89. The molecule has 1 atom stereocenters. The van der Waals surface area contributed by atoms with Crippen molar-refractivity contribution in [1.29, 1.82) is 5.26 Å². The van der Waals surface area contributed by atoms with Crippen LogP contribution >= 0.6 is 0 Å². The lowest BCUT2D eigenvalue weighted by molar-refractivity contribution is 0.311. The molecule has 0 radical (unpaired) electrons.